The zero-order valence-electron chi connectivity index (χ0n) is 7.50. The normalized spacial score (nSPS) is 10.0. The van der Waals surface area contributed by atoms with Crippen LogP contribution in [0.5, 0.6) is 0 Å². The molecule has 0 unspecified atom stereocenters. The zero-order chi connectivity index (χ0) is 9.97. The lowest BCUT2D eigenvalue weighted by Gasteiger charge is -2.00. The van der Waals surface area contributed by atoms with E-state index in [1.165, 1.54) is 6.07 Å². The monoisotopic (exact) mass is 185 g/mol. The van der Waals surface area contributed by atoms with Crippen LogP contribution < -0.4 is 0 Å². The van der Waals surface area contributed by atoms with Crippen LogP contribution >= 0.6 is 0 Å². The molecule has 0 bridgehead atoms. The summed E-state index contributed by atoms with van der Waals surface area (Å²) in [5.74, 6) is -0.217. The maximum atomic E-state index is 13.2. The van der Waals surface area contributed by atoms with Crippen LogP contribution in [-0.2, 0) is 6.42 Å². The van der Waals surface area contributed by atoms with Gasteiger partial charge in [0.15, 0.2) is 0 Å². The third-order valence-corrected chi connectivity index (χ3v) is 2.17. The summed E-state index contributed by atoms with van der Waals surface area (Å²) in [6.45, 7) is 0. The molecule has 0 N–H and O–H groups in total. The minimum atomic E-state index is -0.217. The van der Waals surface area contributed by atoms with E-state index in [4.69, 9.17) is 5.26 Å². The van der Waals surface area contributed by atoms with Gasteiger partial charge in [0, 0.05) is 5.39 Å². The third-order valence-electron chi connectivity index (χ3n) is 2.17. The average molecular weight is 185 g/mol. The zero-order valence-corrected chi connectivity index (χ0v) is 7.50. The molecule has 2 rings (SSSR count). The molecule has 0 aliphatic heterocycles. The molecule has 2 aromatic rings. The van der Waals surface area contributed by atoms with E-state index in [0.717, 1.165) is 10.9 Å². The minimum Gasteiger partial charge on any atom is -0.206 e. The highest BCUT2D eigenvalue weighted by Gasteiger charge is 2.00. The molecule has 0 saturated carbocycles. The van der Waals surface area contributed by atoms with E-state index in [2.05, 4.69) is 6.07 Å². The minimum absolute atomic E-state index is 0.217. The maximum absolute atomic E-state index is 13.2. The van der Waals surface area contributed by atoms with Gasteiger partial charge in [-0.15, -0.1) is 0 Å². The molecule has 0 aliphatic carbocycles. The summed E-state index contributed by atoms with van der Waals surface area (Å²) in [4.78, 5) is 0. The van der Waals surface area contributed by atoms with Gasteiger partial charge < -0.3 is 0 Å². The molecule has 0 aliphatic rings. The predicted octanol–water partition coefficient (Wildman–Crippen LogP) is 3.04. The van der Waals surface area contributed by atoms with Gasteiger partial charge in [-0.05, 0) is 17.0 Å². The summed E-state index contributed by atoms with van der Waals surface area (Å²) < 4.78 is 13.2. The Kier molecular flexibility index (Phi) is 2.16. The number of hydrogen-bond acceptors (Lipinski definition) is 1. The number of benzene rings is 2. The molecular weight excluding hydrogens is 177 g/mol. The summed E-state index contributed by atoms with van der Waals surface area (Å²) in [7, 11) is 0. The van der Waals surface area contributed by atoms with Crippen LogP contribution in [0, 0.1) is 17.1 Å². The highest BCUT2D eigenvalue weighted by molar-refractivity contribution is 5.83. The van der Waals surface area contributed by atoms with Crippen LogP contribution in [-0.4, -0.2) is 0 Å². The number of nitrogens with zero attached hydrogens (tertiary/aromatic N) is 1. The van der Waals surface area contributed by atoms with Crippen LogP contribution in [0.25, 0.3) is 10.8 Å². The first-order valence-corrected chi connectivity index (χ1v) is 4.35. The molecule has 2 aromatic carbocycles. The first-order chi connectivity index (χ1) is 6.81. The highest BCUT2D eigenvalue weighted by Crippen LogP contribution is 2.19. The number of hydrogen-bond donors (Lipinski definition) is 0. The Hall–Kier alpha value is -1.88. The number of fused-ring (bicyclic) bond motifs is 1. The van der Waals surface area contributed by atoms with Crippen LogP contribution in [0.4, 0.5) is 4.39 Å². The van der Waals surface area contributed by atoms with Gasteiger partial charge in [-0.1, -0.05) is 30.3 Å². The Bertz CT molecular complexity index is 511. The van der Waals surface area contributed by atoms with Crippen LogP contribution in [0.1, 0.15) is 5.56 Å². The second-order valence-electron chi connectivity index (χ2n) is 3.13. The van der Waals surface area contributed by atoms with E-state index in [-0.39, 0.29) is 5.82 Å². The van der Waals surface area contributed by atoms with E-state index in [9.17, 15) is 4.39 Å². The van der Waals surface area contributed by atoms with Gasteiger partial charge in [0.1, 0.15) is 5.82 Å². The van der Waals surface area contributed by atoms with Crippen LogP contribution in [0.2, 0.25) is 0 Å². The molecule has 0 heterocycles. The molecule has 0 aromatic heterocycles. The Morgan fingerprint density at radius 3 is 2.86 bits per heavy atom. The quantitative estimate of drug-likeness (QED) is 0.669. The third kappa shape index (κ3) is 1.45. The van der Waals surface area contributed by atoms with Gasteiger partial charge in [-0.25, -0.2) is 4.39 Å². The van der Waals surface area contributed by atoms with E-state index < -0.39 is 0 Å². The Balaban J connectivity index is 2.63. The summed E-state index contributed by atoms with van der Waals surface area (Å²) in [6.07, 6.45) is 0.368. The van der Waals surface area contributed by atoms with Crippen LogP contribution in [0.15, 0.2) is 36.4 Å². The molecule has 1 nitrogen and oxygen atoms in total. The maximum Gasteiger partial charge on any atom is 0.131 e. The van der Waals surface area contributed by atoms with E-state index >= 15 is 0 Å². The van der Waals surface area contributed by atoms with Crippen molar-refractivity contribution in [3.63, 3.8) is 0 Å². The van der Waals surface area contributed by atoms with Gasteiger partial charge in [0.2, 0.25) is 0 Å². The molecule has 0 radical (unpaired) electrons. The molecule has 0 saturated heterocycles. The number of halogens is 1. The SMILES string of the molecule is N#CCc1ccc2c(F)cccc2c1. The molecule has 0 fully saturated rings. The van der Waals surface area contributed by atoms with Crippen molar-refractivity contribution in [2.75, 3.05) is 0 Å². The fourth-order valence-corrected chi connectivity index (χ4v) is 1.49. The fraction of sp³-hybridized carbons (Fsp3) is 0.0833. The summed E-state index contributed by atoms with van der Waals surface area (Å²) in [6, 6.07) is 12.4. The van der Waals surface area contributed by atoms with Crippen molar-refractivity contribution in [2.45, 2.75) is 6.42 Å². The Labute approximate surface area is 81.4 Å². The van der Waals surface area contributed by atoms with E-state index in [1.54, 1.807) is 18.2 Å². The average Bonchev–Trinajstić information content (AvgIpc) is 2.18. The van der Waals surface area contributed by atoms with Crippen molar-refractivity contribution in [1.29, 1.82) is 5.26 Å². The second kappa shape index (κ2) is 3.47. The molecule has 14 heavy (non-hydrogen) atoms. The van der Waals surface area contributed by atoms with Crippen molar-refractivity contribution in [1.82, 2.24) is 0 Å². The van der Waals surface area contributed by atoms with Crippen molar-refractivity contribution in [2.24, 2.45) is 0 Å². The van der Waals surface area contributed by atoms with Gasteiger partial charge in [0.25, 0.3) is 0 Å². The summed E-state index contributed by atoms with van der Waals surface area (Å²) in [5.41, 5.74) is 0.922. The largest absolute Gasteiger partial charge is 0.206 e. The first-order valence-electron chi connectivity index (χ1n) is 4.35. The summed E-state index contributed by atoms with van der Waals surface area (Å²) in [5, 5.41) is 9.97. The van der Waals surface area contributed by atoms with Gasteiger partial charge in [-0.2, -0.15) is 5.26 Å². The predicted molar refractivity (Wildman–Crippen MR) is 53.2 cm³/mol. The lowest BCUT2D eigenvalue weighted by atomic mass is 10.1. The number of rotatable bonds is 1. The standard InChI is InChI=1S/C12H8FN/c13-12-3-1-2-10-8-9(6-7-14)4-5-11(10)12/h1-5,8H,6H2. The van der Waals surface area contributed by atoms with Gasteiger partial charge in [-0.3, -0.25) is 0 Å². The van der Waals surface area contributed by atoms with Gasteiger partial charge >= 0.3 is 0 Å². The molecule has 2 heteroatoms. The second-order valence-corrected chi connectivity index (χ2v) is 3.13. The molecular formula is C12H8FN. The number of nitriles is 1. The highest BCUT2D eigenvalue weighted by atomic mass is 19.1. The fourth-order valence-electron chi connectivity index (χ4n) is 1.49. The molecule has 68 valence electrons. The van der Waals surface area contributed by atoms with Crippen molar-refractivity contribution in [3.05, 3.63) is 47.8 Å². The van der Waals surface area contributed by atoms with Crippen molar-refractivity contribution >= 4 is 10.8 Å². The lowest BCUT2D eigenvalue weighted by Crippen LogP contribution is -1.83. The topological polar surface area (TPSA) is 23.8 Å². The van der Waals surface area contributed by atoms with Crippen molar-refractivity contribution in [3.8, 4) is 6.07 Å². The smallest absolute Gasteiger partial charge is 0.131 e. The molecule has 0 amide bonds. The Morgan fingerprint density at radius 2 is 2.07 bits per heavy atom. The lowest BCUT2D eigenvalue weighted by molar-refractivity contribution is 0.640. The van der Waals surface area contributed by atoms with E-state index in [1.807, 2.05) is 12.1 Å². The van der Waals surface area contributed by atoms with Gasteiger partial charge in [0.05, 0.1) is 12.5 Å². The summed E-state index contributed by atoms with van der Waals surface area (Å²) >= 11 is 0. The molecule has 0 atom stereocenters. The Morgan fingerprint density at radius 1 is 1.21 bits per heavy atom. The van der Waals surface area contributed by atoms with Crippen molar-refractivity contribution < 1.29 is 4.39 Å². The van der Waals surface area contributed by atoms with E-state index in [0.29, 0.717) is 11.8 Å². The van der Waals surface area contributed by atoms with Crippen LogP contribution in [0.3, 0.4) is 0 Å². The molecule has 0 spiro atoms. The first kappa shape index (κ1) is 8.71.